The van der Waals surface area contributed by atoms with E-state index in [9.17, 15) is 4.79 Å². The minimum absolute atomic E-state index is 0.0759. The number of rotatable bonds is 2. The van der Waals surface area contributed by atoms with Gasteiger partial charge in [-0.15, -0.1) is 0 Å². The lowest BCUT2D eigenvalue weighted by molar-refractivity contribution is -0.192. The number of carbonyl (C=O) groups is 1. The zero-order valence-electron chi connectivity index (χ0n) is 13.5. The van der Waals surface area contributed by atoms with Crippen molar-refractivity contribution in [1.82, 2.24) is 9.80 Å². The van der Waals surface area contributed by atoms with Crippen LogP contribution in [0.2, 0.25) is 0 Å². The first kappa shape index (κ1) is 14.9. The molecule has 2 saturated heterocycles. The Morgan fingerprint density at radius 3 is 2.27 bits per heavy atom. The first-order valence-electron chi connectivity index (χ1n) is 9.09. The maximum atomic E-state index is 12.9. The fourth-order valence-electron chi connectivity index (χ4n) is 4.87. The van der Waals surface area contributed by atoms with Crippen LogP contribution in [-0.2, 0) is 14.3 Å². The first-order chi connectivity index (χ1) is 10.8. The van der Waals surface area contributed by atoms with Crippen molar-refractivity contribution < 1.29 is 14.3 Å². The van der Waals surface area contributed by atoms with E-state index in [2.05, 4.69) is 9.80 Å². The van der Waals surface area contributed by atoms with Gasteiger partial charge in [0.15, 0.2) is 5.79 Å². The molecule has 0 N–H and O–H groups in total. The summed E-state index contributed by atoms with van der Waals surface area (Å²) in [7, 11) is 0. The van der Waals surface area contributed by atoms with Crippen molar-refractivity contribution in [3.63, 3.8) is 0 Å². The van der Waals surface area contributed by atoms with E-state index in [1.807, 2.05) is 0 Å². The highest BCUT2D eigenvalue weighted by molar-refractivity contribution is 5.80. The van der Waals surface area contributed by atoms with Gasteiger partial charge in [-0.3, -0.25) is 9.69 Å². The molecule has 4 rings (SSSR count). The van der Waals surface area contributed by atoms with Crippen LogP contribution in [0.3, 0.4) is 0 Å². The summed E-state index contributed by atoms with van der Waals surface area (Å²) in [4.78, 5) is 17.6. The summed E-state index contributed by atoms with van der Waals surface area (Å²) in [5, 5.41) is 0. The largest absolute Gasteiger partial charge is 0.347 e. The van der Waals surface area contributed by atoms with E-state index in [-0.39, 0.29) is 11.8 Å². The van der Waals surface area contributed by atoms with Crippen molar-refractivity contribution in [2.24, 2.45) is 5.92 Å². The Kier molecular flexibility index (Phi) is 4.13. The summed E-state index contributed by atoms with van der Waals surface area (Å²) in [6.07, 6.45) is 8.29. The van der Waals surface area contributed by atoms with Crippen molar-refractivity contribution in [2.75, 3.05) is 39.4 Å². The van der Waals surface area contributed by atoms with Gasteiger partial charge in [0.05, 0.1) is 19.1 Å². The van der Waals surface area contributed by atoms with Crippen LogP contribution >= 0.6 is 0 Å². The number of hydrogen-bond donors (Lipinski definition) is 0. The van der Waals surface area contributed by atoms with Gasteiger partial charge in [-0.25, -0.2) is 0 Å². The van der Waals surface area contributed by atoms with E-state index in [0.29, 0.717) is 13.2 Å². The highest BCUT2D eigenvalue weighted by Crippen LogP contribution is 2.43. The summed E-state index contributed by atoms with van der Waals surface area (Å²) in [5.74, 6) is -0.391. The third kappa shape index (κ3) is 2.57. The van der Waals surface area contributed by atoms with Crippen LogP contribution in [0.1, 0.15) is 44.9 Å². The van der Waals surface area contributed by atoms with E-state index in [4.69, 9.17) is 9.47 Å². The zero-order valence-corrected chi connectivity index (χ0v) is 13.5. The molecule has 0 radical (unpaired) electrons. The van der Waals surface area contributed by atoms with Crippen molar-refractivity contribution >= 4 is 5.91 Å². The Balaban J connectivity index is 1.35. The average molecular weight is 308 g/mol. The summed E-state index contributed by atoms with van der Waals surface area (Å²) >= 11 is 0. The van der Waals surface area contributed by atoms with Gasteiger partial charge in [-0.1, -0.05) is 12.8 Å². The molecule has 1 amide bonds. The van der Waals surface area contributed by atoms with Crippen molar-refractivity contribution in [3.05, 3.63) is 0 Å². The van der Waals surface area contributed by atoms with Gasteiger partial charge in [0.1, 0.15) is 0 Å². The summed E-state index contributed by atoms with van der Waals surface area (Å²) in [6.45, 7) is 5.11. The maximum absolute atomic E-state index is 12.9. The third-order valence-corrected chi connectivity index (χ3v) is 6.09. The number of nitrogens with zero attached hydrogens (tertiary/aromatic N) is 2. The molecule has 124 valence electrons. The minimum Gasteiger partial charge on any atom is -0.347 e. The monoisotopic (exact) mass is 308 g/mol. The molecular weight excluding hydrogens is 280 g/mol. The lowest BCUT2D eigenvalue weighted by Crippen LogP contribution is -2.55. The molecule has 1 spiro atoms. The normalized spacial score (nSPS) is 33.1. The van der Waals surface area contributed by atoms with E-state index in [0.717, 1.165) is 51.5 Å². The van der Waals surface area contributed by atoms with E-state index in [1.165, 1.54) is 25.7 Å². The van der Waals surface area contributed by atoms with Crippen LogP contribution in [0.15, 0.2) is 0 Å². The molecule has 4 fully saturated rings. The van der Waals surface area contributed by atoms with Crippen molar-refractivity contribution in [3.8, 4) is 0 Å². The second kappa shape index (κ2) is 6.10. The van der Waals surface area contributed by atoms with Crippen LogP contribution in [0.25, 0.3) is 0 Å². The fourth-order valence-corrected chi connectivity index (χ4v) is 4.87. The van der Waals surface area contributed by atoms with Crippen molar-refractivity contribution in [1.29, 1.82) is 0 Å². The van der Waals surface area contributed by atoms with E-state index < -0.39 is 5.79 Å². The molecule has 2 heterocycles. The molecule has 0 aromatic carbocycles. The molecule has 5 heteroatoms. The summed E-state index contributed by atoms with van der Waals surface area (Å²) in [6, 6.07) is 0.775. The lowest BCUT2D eigenvalue weighted by Gasteiger charge is -2.40. The first-order valence-corrected chi connectivity index (χ1v) is 9.09. The topological polar surface area (TPSA) is 42.0 Å². The smallest absolute Gasteiger partial charge is 0.231 e. The Morgan fingerprint density at radius 2 is 1.59 bits per heavy atom. The van der Waals surface area contributed by atoms with Gasteiger partial charge < -0.3 is 14.4 Å². The number of hydrogen-bond acceptors (Lipinski definition) is 4. The number of piperazine rings is 1. The van der Waals surface area contributed by atoms with Gasteiger partial charge >= 0.3 is 0 Å². The second-order valence-corrected chi connectivity index (χ2v) is 7.25. The highest BCUT2D eigenvalue weighted by atomic mass is 16.7. The van der Waals surface area contributed by atoms with Gasteiger partial charge in [0, 0.05) is 38.6 Å². The van der Waals surface area contributed by atoms with Crippen LogP contribution in [0.4, 0.5) is 0 Å². The zero-order chi connectivity index (χ0) is 15.0. The Morgan fingerprint density at radius 1 is 0.909 bits per heavy atom. The summed E-state index contributed by atoms with van der Waals surface area (Å²) < 4.78 is 11.7. The number of amides is 1. The van der Waals surface area contributed by atoms with Crippen LogP contribution < -0.4 is 0 Å². The molecule has 5 nitrogen and oxygen atoms in total. The van der Waals surface area contributed by atoms with Crippen LogP contribution in [0.5, 0.6) is 0 Å². The lowest BCUT2D eigenvalue weighted by atomic mass is 10.00. The van der Waals surface area contributed by atoms with Gasteiger partial charge in [-0.05, 0) is 25.7 Å². The SMILES string of the molecule is O=C([C@H]1CCCC12OCCO2)N1CCN(C2CCCC2)CC1. The quantitative estimate of drug-likeness (QED) is 0.777. The predicted octanol–water partition coefficient (Wildman–Crippen LogP) is 1.62. The molecule has 22 heavy (non-hydrogen) atoms. The fraction of sp³-hybridized carbons (Fsp3) is 0.941. The summed E-state index contributed by atoms with van der Waals surface area (Å²) in [5.41, 5.74) is 0. The third-order valence-electron chi connectivity index (χ3n) is 6.09. The van der Waals surface area contributed by atoms with Gasteiger partial charge in [0.25, 0.3) is 0 Å². The molecule has 0 unspecified atom stereocenters. The number of carbonyl (C=O) groups excluding carboxylic acids is 1. The molecule has 2 aliphatic heterocycles. The Labute approximate surface area is 132 Å². The van der Waals surface area contributed by atoms with Crippen LogP contribution in [-0.4, -0.2) is 66.9 Å². The maximum Gasteiger partial charge on any atom is 0.231 e. The van der Waals surface area contributed by atoms with Crippen molar-refractivity contribution in [2.45, 2.75) is 56.8 Å². The molecule has 1 atom stereocenters. The minimum atomic E-state index is -0.584. The highest BCUT2D eigenvalue weighted by Gasteiger charge is 2.52. The van der Waals surface area contributed by atoms with E-state index in [1.54, 1.807) is 0 Å². The Bertz CT molecular complexity index is 403. The van der Waals surface area contributed by atoms with Gasteiger partial charge in [0.2, 0.25) is 5.91 Å². The molecule has 0 bridgehead atoms. The molecule has 0 aromatic rings. The predicted molar refractivity (Wildman–Crippen MR) is 82.4 cm³/mol. The van der Waals surface area contributed by atoms with Crippen LogP contribution in [0, 0.1) is 5.92 Å². The number of ether oxygens (including phenoxy) is 2. The van der Waals surface area contributed by atoms with Gasteiger partial charge in [-0.2, -0.15) is 0 Å². The average Bonchev–Trinajstić information content (AvgIpc) is 3.30. The molecule has 4 aliphatic rings. The molecule has 2 saturated carbocycles. The molecule has 0 aromatic heterocycles. The molecule has 2 aliphatic carbocycles. The standard InChI is InChI=1S/C17H28N2O3/c20-16(15-6-3-7-17(15)21-12-13-22-17)19-10-8-18(9-11-19)14-4-1-2-5-14/h14-15H,1-13H2/t15-/m1/s1. The molecular formula is C17H28N2O3. The second-order valence-electron chi connectivity index (χ2n) is 7.25. The Hall–Kier alpha value is -0.650. The van der Waals surface area contributed by atoms with E-state index >= 15 is 0 Å².